The number of nitrogens with zero attached hydrogens (tertiary/aromatic N) is 1. The van der Waals surface area contributed by atoms with Gasteiger partial charge in [-0.05, 0) is 60.2 Å². The molecule has 0 aliphatic carbocycles. The molecule has 0 saturated carbocycles. The standard InChI is InChI=1S/C29H25ClNO4/c1-32-22-12-11-19-20-9-10-21-24-17(15-23(33-2)28(21)34-3)13-14-31(27(20)24)26(25(19)29(22)35-4)16-5-7-18(30)8-6-16/h5-12,15H,13-14H2,1-4H3/q+1. The summed E-state index contributed by atoms with van der Waals surface area (Å²) in [7, 11) is 6.74. The fraction of sp³-hybridized carbons (Fsp3) is 0.207. The summed E-state index contributed by atoms with van der Waals surface area (Å²) < 4.78 is 25.5. The summed E-state index contributed by atoms with van der Waals surface area (Å²) >= 11 is 6.26. The maximum atomic E-state index is 6.26. The van der Waals surface area contributed by atoms with Crippen LogP contribution < -0.4 is 23.5 Å². The van der Waals surface area contributed by atoms with E-state index in [9.17, 15) is 0 Å². The fourth-order valence-electron chi connectivity index (χ4n) is 5.59. The van der Waals surface area contributed by atoms with Crippen molar-refractivity contribution in [3.8, 4) is 34.3 Å². The molecule has 2 heterocycles. The van der Waals surface area contributed by atoms with Crippen molar-refractivity contribution in [3.05, 3.63) is 65.2 Å². The van der Waals surface area contributed by atoms with E-state index in [2.05, 4.69) is 41.0 Å². The van der Waals surface area contributed by atoms with E-state index in [1.54, 1.807) is 28.4 Å². The first-order valence-corrected chi connectivity index (χ1v) is 11.9. The van der Waals surface area contributed by atoms with Crippen molar-refractivity contribution in [2.75, 3.05) is 28.4 Å². The van der Waals surface area contributed by atoms with Crippen LogP contribution in [-0.4, -0.2) is 28.4 Å². The van der Waals surface area contributed by atoms with E-state index in [0.29, 0.717) is 10.8 Å². The van der Waals surface area contributed by atoms with Crippen LogP contribution in [0.15, 0.2) is 54.6 Å². The second kappa shape index (κ2) is 8.21. The largest absolute Gasteiger partial charge is 0.493 e. The fourth-order valence-corrected chi connectivity index (χ4v) is 5.71. The highest BCUT2D eigenvalue weighted by atomic mass is 35.5. The van der Waals surface area contributed by atoms with Crippen LogP contribution in [0.5, 0.6) is 23.0 Å². The molecular formula is C29H25ClNO4+. The Morgan fingerprint density at radius 2 is 1.37 bits per heavy atom. The quantitative estimate of drug-likeness (QED) is 0.214. The molecule has 0 fully saturated rings. The van der Waals surface area contributed by atoms with Crippen molar-refractivity contribution >= 4 is 44.0 Å². The lowest BCUT2D eigenvalue weighted by Crippen LogP contribution is -2.41. The third-order valence-electron chi connectivity index (χ3n) is 7.03. The second-order valence-corrected chi connectivity index (χ2v) is 9.07. The molecule has 0 bridgehead atoms. The molecule has 1 aliphatic rings. The molecule has 0 radical (unpaired) electrons. The summed E-state index contributed by atoms with van der Waals surface area (Å²) in [5.41, 5.74) is 4.57. The highest BCUT2D eigenvalue weighted by Crippen LogP contribution is 2.47. The zero-order chi connectivity index (χ0) is 24.3. The summed E-state index contributed by atoms with van der Waals surface area (Å²) in [4.78, 5) is 0. The highest BCUT2D eigenvalue weighted by Gasteiger charge is 2.33. The number of rotatable bonds is 5. The predicted octanol–water partition coefficient (Wildman–Crippen LogP) is 6.34. The number of hydrogen-bond donors (Lipinski definition) is 0. The van der Waals surface area contributed by atoms with Crippen LogP contribution in [0.3, 0.4) is 0 Å². The molecule has 6 rings (SSSR count). The molecule has 0 N–H and O–H groups in total. The second-order valence-electron chi connectivity index (χ2n) is 8.64. The maximum absolute atomic E-state index is 6.26. The topological polar surface area (TPSA) is 40.8 Å². The SMILES string of the molecule is COc1cc2c3c(ccc4c5ccc(OC)c(OC)c5c(-c5ccc(Cl)cc5)[n+](c43)CC2)c1OC. The Morgan fingerprint density at radius 3 is 2.06 bits per heavy atom. The third-order valence-corrected chi connectivity index (χ3v) is 7.28. The molecular weight excluding hydrogens is 462 g/mol. The van der Waals surface area contributed by atoms with Crippen molar-refractivity contribution < 1.29 is 23.5 Å². The number of aromatic nitrogens is 1. The molecule has 5 aromatic rings. The van der Waals surface area contributed by atoms with Crippen LogP contribution in [0.1, 0.15) is 5.56 Å². The first-order valence-electron chi connectivity index (χ1n) is 11.5. The maximum Gasteiger partial charge on any atom is 0.224 e. The van der Waals surface area contributed by atoms with E-state index in [4.69, 9.17) is 30.5 Å². The summed E-state index contributed by atoms with van der Waals surface area (Å²) in [6, 6.07) is 18.5. The van der Waals surface area contributed by atoms with E-state index in [1.807, 2.05) is 18.2 Å². The van der Waals surface area contributed by atoms with Gasteiger partial charge in [0.25, 0.3) is 0 Å². The summed E-state index contributed by atoms with van der Waals surface area (Å²) in [6.45, 7) is 0.812. The van der Waals surface area contributed by atoms with Gasteiger partial charge < -0.3 is 18.9 Å². The van der Waals surface area contributed by atoms with Crippen molar-refractivity contribution in [1.82, 2.24) is 0 Å². The lowest BCUT2D eigenvalue weighted by Gasteiger charge is -2.22. The average Bonchev–Trinajstić information content (AvgIpc) is 2.90. The number of fused-ring (bicyclic) bond motifs is 2. The lowest BCUT2D eigenvalue weighted by molar-refractivity contribution is -0.659. The van der Waals surface area contributed by atoms with Crippen LogP contribution in [0.2, 0.25) is 5.02 Å². The molecule has 0 atom stereocenters. The van der Waals surface area contributed by atoms with Gasteiger partial charge in [0.2, 0.25) is 11.2 Å². The number of aryl methyl sites for hydroxylation is 2. The minimum Gasteiger partial charge on any atom is -0.493 e. The normalized spacial score (nSPS) is 12.5. The molecule has 176 valence electrons. The number of pyridine rings is 1. The van der Waals surface area contributed by atoms with Gasteiger partial charge >= 0.3 is 0 Å². The zero-order valence-electron chi connectivity index (χ0n) is 20.1. The molecule has 0 amide bonds. The molecule has 1 aromatic heterocycles. The molecule has 5 nitrogen and oxygen atoms in total. The van der Waals surface area contributed by atoms with Crippen molar-refractivity contribution in [2.45, 2.75) is 13.0 Å². The number of halogens is 1. The van der Waals surface area contributed by atoms with Gasteiger partial charge in [-0.1, -0.05) is 11.6 Å². The average molecular weight is 487 g/mol. The minimum absolute atomic E-state index is 0.700. The predicted molar refractivity (Wildman–Crippen MR) is 140 cm³/mol. The van der Waals surface area contributed by atoms with Gasteiger partial charge in [-0.3, -0.25) is 0 Å². The Labute approximate surface area is 208 Å². The molecule has 6 heteroatoms. The van der Waals surface area contributed by atoms with Crippen LogP contribution in [0, 0.1) is 0 Å². The monoisotopic (exact) mass is 486 g/mol. The summed E-state index contributed by atoms with van der Waals surface area (Å²) in [5, 5.41) is 6.21. The Bertz CT molecular complexity index is 1640. The highest BCUT2D eigenvalue weighted by molar-refractivity contribution is 6.30. The van der Waals surface area contributed by atoms with Gasteiger partial charge in [0, 0.05) is 27.8 Å². The van der Waals surface area contributed by atoms with Crippen LogP contribution in [0.4, 0.5) is 0 Å². The zero-order valence-corrected chi connectivity index (χ0v) is 20.8. The number of benzene rings is 4. The van der Waals surface area contributed by atoms with E-state index >= 15 is 0 Å². The van der Waals surface area contributed by atoms with E-state index in [0.717, 1.165) is 63.0 Å². The Morgan fingerprint density at radius 1 is 0.686 bits per heavy atom. The van der Waals surface area contributed by atoms with Crippen LogP contribution in [0.25, 0.3) is 43.7 Å². The molecule has 0 unspecified atom stereocenters. The smallest absolute Gasteiger partial charge is 0.224 e. The molecule has 1 aliphatic heterocycles. The van der Waals surface area contributed by atoms with Gasteiger partial charge in [-0.25, -0.2) is 0 Å². The van der Waals surface area contributed by atoms with E-state index < -0.39 is 0 Å². The van der Waals surface area contributed by atoms with Gasteiger partial charge in [-0.2, -0.15) is 4.57 Å². The number of methoxy groups -OCH3 is 4. The van der Waals surface area contributed by atoms with Gasteiger partial charge in [0.1, 0.15) is 5.39 Å². The Balaban J connectivity index is 1.89. The Hall–Kier alpha value is -3.70. The summed E-state index contributed by atoms with van der Waals surface area (Å²) in [6.07, 6.45) is 0.867. The molecule has 35 heavy (non-hydrogen) atoms. The molecule has 0 saturated heterocycles. The number of hydrogen-bond acceptors (Lipinski definition) is 4. The summed E-state index contributed by atoms with van der Waals surface area (Å²) in [5.74, 6) is 2.93. The van der Waals surface area contributed by atoms with Gasteiger partial charge in [0.15, 0.2) is 29.5 Å². The van der Waals surface area contributed by atoms with Gasteiger partial charge in [-0.15, -0.1) is 0 Å². The van der Waals surface area contributed by atoms with Crippen molar-refractivity contribution in [2.24, 2.45) is 0 Å². The van der Waals surface area contributed by atoms with Crippen LogP contribution in [-0.2, 0) is 13.0 Å². The third kappa shape index (κ3) is 3.04. The molecule has 0 spiro atoms. The molecule has 4 aromatic carbocycles. The van der Waals surface area contributed by atoms with E-state index in [1.165, 1.54) is 16.5 Å². The van der Waals surface area contributed by atoms with Gasteiger partial charge in [0.05, 0.1) is 39.2 Å². The first-order chi connectivity index (χ1) is 17.1. The minimum atomic E-state index is 0.700. The van der Waals surface area contributed by atoms with Crippen LogP contribution >= 0.6 is 11.6 Å². The number of ether oxygens (including phenoxy) is 4. The lowest BCUT2D eigenvalue weighted by atomic mass is 9.90. The van der Waals surface area contributed by atoms with E-state index in [-0.39, 0.29) is 0 Å². The van der Waals surface area contributed by atoms with Crippen molar-refractivity contribution in [3.63, 3.8) is 0 Å². The first kappa shape index (κ1) is 21.8. The Kier molecular flexibility index (Phi) is 5.11. The van der Waals surface area contributed by atoms with Crippen molar-refractivity contribution in [1.29, 1.82) is 0 Å².